The summed E-state index contributed by atoms with van der Waals surface area (Å²) in [6.07, 6.45) is -1.37. The molecular weight excluding hydrogens is 768 g/mol. The lowest BCUT2D eigenvalue weighted by Gasteiger charge is -2.21. The third-order valence-electron chi connectivity index (χ3n) is 7.56. The van der Waals surface area contributed by atoms with E-state index in [1.807, 2.05) is 5.32 Å². The molecule has 1 aromatic carbocycles. The highest BCUT2D eigenvalue weighted by Crippen LogP contribution is 2.06. The van der Waals surface area contributed by atoms with Crippen molar-refractivity contribution in [2.24, 2.45) is 5.73 Å². The Morgan fingerprint density at radius 3 is 1.70 bits per heavy atom. The minimum absolute atomic E-state index is 0.0460. The molecule has 5 atom stereocenters. The lowest BCUT2D eigenvalue weighted by molar-refractivity contribution is -0.143. The molecule has 14 N–H and O–H groups in total. The standard InChI is InChI=1S/C32H46N8O15S/c33-18(26(46)37-21(12-25(44)45)27(47)38-22(15-56)30(52)53)14-35-23(41)11-16-4-6-17(7-5-16)13-36-31(54)34-10-2-1-3-19(28(48)49)39-32(55)40-20(29(50)51)8-9-24(42)43/h4-7,18-22,56H,1-3,8-15,33H2,(H,35,41)(H,37,46)(H,38,47)(H,42,43)(H,44,45)(H,48,49)(H,50,51)(H,52,53)(H2,34,36,54)(H2,39,40,55)/t18?,19-,20-,21?,22?/m0/s1. The van der Waals surface area contributed by atoms with Gasteiger partial charge in [0.15, 0.2) is 0 Å². The Morgan fingerprint density at radius 2 is 1.16 bits per heavy atom. The van der Waals surface area contributed by atoms with Crippen molar-refractivity contribution in [2.45, 2.75) is 81.7 Å². The van der Waals surface area contributed by atoms with Crippen LogP contribution in [0.1, 0.15) is 49.7 Å². The van der Waals surface area contributed by atoms with E-state index in [4.69, 9.17) is 26.2 Å². The van der Waals surface area contributed by atoms with E-state index in [2.05, 4.69) is 44.5 Å². The summed E-state index contributed by atoms with van der Waals surface area (Å²) in [5.41, 5.74) is 7.03. The highest BCUT2D eigenvalue weighted by Gasteiger charge is 2.29. The van der Waals surface area contributed by atoms with E-state index >= 15 is 0 Å². The Bertz CT molecular complexity index is 1580. The van der Waals surface area contributed by atoms with E-state index in [9.17, 15) is 53.1 Å². The third-order valence-corrected chi connectivity index (χ3v) is 7.93. The van der Waals surface area contributed by atoms with Gasteiger partial charge in [-0.3, -0.25) is 24.0 Å². The fourth-order valence-electron chi connectivity index (χ4n) is 4.52. The fourth-order valence-corrected chi connectivity index (χ4v) is 4.77. The van der Waals surface area contributed by atoms with Gasteiger partial charge in [-0.05, 0) is 36.8 Å². The average molecular weight is 815 g/mol. The number of carboxylic acid groups (broad SMARTS) is 5. The molecule has 0 saturated heterocycles. The minimum Gasteiger partial charge on any atom is -0.481 e. The quantitative estimate of drug-likeness (QED) is 0.0331. The predicted molar refractivity (Wildman–Crippen MR) is 194 cm³/mol. The number of rotatable bonds is 26. The maximum Gasteiger partial charge on any atom is 0.327 e. The topological polar surface area (TPSA) is 382 Å². The monoisotopic (exact) mass is 814 g/mol. The minimum atomic E-state index is -1.65. The summed E-state index contributed by atoms with van der Waals surface area (Å²) in [5, 5.41) is 61.4. The van der Waals surface area contributed by atoms with Gasteiger partial charge < -0.3 is 68.5 Å². The van der Waals surface area contributed by atoms with Gasteiger partial charge >= 0.3 is 41.9 Å². The molecule has 23 nitrogen and oxygen atoms in total. The first-order valence-corrected chi connectivity index (χ1v) is 17.5. The molecule has 56 heavy (non-hydrogen) atoms. The van der Waals surface area contributed by atoms with Crippen molar-refractivity contribution in [1.82, 2.24) is 37.2 Å². The lowest BCUT2D eigenvalue weighted by atomic mass is 10.1. The van der Waals surface area contributed by atoms with Crippen LogP contribution in [0.15, 0.2) is 24.3 Å². The van der Waals surface area contributed by atoms with Crippen molar-refractivity contribution >= 4 is 72.3 Å². The van der Waals surface area contributed by atoms with Crippen LogP contribution < -0.4 is 43.0 Å². The molecule has 0 aliphatic heterocycles. The molecule has 0 radical (unpaired) electrons. The van der Waals surface area contributed by atoms with E-state index in [-0.39, 0.29) is 44.6 Å². The summed E-state index contributed by atoms with van der Waals surface area (Å²) in [5.74, 6) is -9.87. The summed E-state index contributed by atoms with van der Waals surface area (Å²) >= 11 is 3.80. The summed E-state index contributed by atoms with van der Waals surface area (Å²) in [6.45, 7) is -0.112. The Morgan fingerprint density at radius 1 is 0.607 bits per heavy atom. The zero-order chi connectivity index (χ0) is 42.4. The van der Waals surface area contributed by atoms with Crippen LogP contribution in [0.5, 0.6) is 0 Å². The van der Waals surface area contributed by atoms with Gasteiger partial charge in [0.25, 0.3) is 0 Å². The van der Waals surface area contributed by atoms with Gasteiger partial charge in [-0.2, -0.15) is 12.6 Å². The number of nitrogens with two attached hydrogens (primary N) is 1. The van der Waals surface area contributed by atoms with Crippen molar-refractivity contribution in [2.75, 3.05) is 18.8 Å². The Kier molecular flexibility index (Phi) is 21.4. The highest BCUT2D eigenvalue weighted by atomic mass is 32.1. The number of hydrogen-bond acceptors (Lipinski definition) is 12. The van der Waals surface area contributed by atoms with Gasteiger partial charge in [0.1, 0.15) is 30.2 Å². The molecule has 0 saturated carbocycles. The van der Waals surface area contributed by atoms with Crippen molar-refractivity contribution in [1.29, 1.82) is 0 Å². The molecule has 1 aromatic rings. The van der Waals surface area contributed by atoms with Crippen molar-refractivity contribution in [3.05, 3.63) is 35.4 Å². The van der Waals surface area contributed by atoms with Crippen molar-refractivity contribution in [3.63, 3.8) is 0 Å². The molecule has 0 aliphatic carbocycles. The van der Waals surface area contributed by atoms with Crippen LogP contribution in [0.25, 0.3) is 0 Å². The number of nitrogens with one attached hydrogen (secondary N) is 7. The first kappa shape index (κ1) is 47.9. The van der Waals surface area contributed by atoms with Crippen LogP contribution in [-0.2, 0) is 51.3 Å². The van der Waals surface area contributed by atoms with Gasteiger partial charge in [0, 0.05) is 31.8 Å². The SMILES string of the molecule is NC(CNC(=O)Cc1ccc(CNC(=O)NCCCC[C@H](NC(=O)N[C@@H](CCC(=O)O)C(=O)O)C(=O)O)cc1)C(=O)NC(CC(=O)O)C(=O)NC(CS)C(=O)O. The van der Waals surface area contributed by atoms with Crippen LogP contribution in [-0.4, -0.2) is 134 Å². The van der Waals surface area contributed by atoms with E-state index in [0.29, 0.717) is 17.5 Å². The van der Waals surface area contributed by atoms with Crippen molar-refractivity contribution < 1.29 is 73.5 Å². The summed E-state index contributed by atoms with van der Waals surface area (Å²) in [6, 6.07) is -2.45. The maximum absolute atomic E-state index is 12.5. The first-order chi connectivity index (χ1) is 26.3. The number of hydrogen-bond donors (Lipinski definition) is 14. The number of thiol groups is 1. The average Bonchev–Trinajstić information content (AvgIpc) is 3.12. The third kappa shape index (κ3) is 19.8. The number of urea groups is 2. The number of carboxylic acids is 5. The van der Waals surface area contributed by atoms with E-state index in [1.54, 1.807) is 24.3 Å². The summed E-state index contributed by atoms with van der Waals surface area (Å²) < 4.78 is 0. The normalized spacial score (nSPS) is 13.2. The summed E-state index contributed by atoms with van der Waals surface area (Å²) in [4.78, 5) is 117. The number of carbonyl (C=O) groups is 10. The predicted octanol–water partition coefficient (Wildman–Crippen LogP) is -2.83. The van der Waals surface area contributed by atoms with E-state index in [0.717, 1.165) is 0 Å². The Balaban J connectivity index is 2.45. The first-order valence-electron chi connectivity index (χ1n) is 16.8. The lowest BCUT2D eigenvalue weighted by Crippen LogP contribution is -2.57. The molecule has 0 spiro atoms. The van der Waals surface area contributed by atoms with Gasteiger partial charge in [0.05, 0.1) is 12.8 Å². The molecule has 0 heterocycles. The highest BCUT2D eigenvalue weighted by molar-refractivity contribution is 7.80. The van der Waals surface area contributed by atoms with Crippen LogP contribution in [0, 0.1) is 0 Å². The second-order valence-electron chi connectivity index (χ2n) is 12.1. The summed E-state index contributed by atoms with van der Waals surface area (Å²) in [7, 11) is 0. The molecule has 1 rings (SSSR count). The number of unbranched alkanes of at least 4 members (excludes halogenated alkanes) is 1. The maximum atomic E-state index is 12.5. The number of benzene rings is 1. The second kappa shape index (κ2) is 25.0. The Hall–Kier alpha value is -6.17. The van der Waals surface area contributed by atoms with Gasteiger partial charge in [0.2, 0.25) is 17.7 Å². The zero-order valence-corrected chi connectivity index (χ0v) is 30.7. The molecular formula is C32H46N8O15S. The van der Waals surface area contributed by atoms with Crippen LogP contribution in [0.3, 0.4) is 0 Å². The zero-order valence-electron chi connectivity index (χ0n) is 29.8. The molecule has 24 heteroatoms. The smallest absolute Gasteiger partial charge is 0.327 e. The van der Waals surface area contributed by atoms with Crippen LogP contribution >= 0.6 is 12.6 Å². The molecule has 0 fully saturated rings. The number of carbonyl (C=O) groups excluding carboxylic acids is 5. The molecule has 0 aromatic heterocycles. The number of amides is 7. The van der Waals surface area contributed by atoms with Gasteiger partial charge in [-0.25, -0.2) is 24.0 Å². The van der Waals surface area contributed by atoms with E-state index in [1.165, 1.54) is 0 Å². The second-order valence-corrected chi connectivity index (χ2v) is 12.4. The fraction of sp³-hybridized carbons (Fsp3) is 0.500. The van der Waals surface area contributed by atoms with E-state index < -0.39 is 109 Å². The molecule has 7 amide bonds. The van der Waals surface area contributed by atoms with Gasteiger partial charge in [-0.15, -0.1) is 0 Å². The van der Waals surface area contributed by atoms with Crippen LogP contribution in [0.2, 0.25) is 0 Å². The molecule has 0 bridgehead atoms. The van der Waals surface area contributed by atoms with Gasteiger partial charge in [-0.1, -0.05) is 24.3 Å². The molecule has 0 aliphatic rings. The number of aliphatic carboxylic acids is 5. The van der Waals surface area contributed by atoms with Crippen LogP contribution in [0.4, 0.5) is 9.59 Å². The molecule has 3 unspecified atom stereocenters. The largest absolute Gasteiger partial charge is 0.481 e. The Labute approximate surface area is 324 Å². The van der Waals surface area contributed by atoms with Crippen molar-refractivity contribution in [3.8, 4) is 0 Å². The molecule has 310 valence electrons.